The van der Waals surface area contributed by atoms with Crippen LogP contribution in [-0.2, 0) is 0 Å². The van der Waals surface area contributed by atoms with Crippen LogP contribution in [0.2, 0.25) is 0 Å². The van der Waals surface area contributed by atoms with Crippen molar-refractivity contribution in [1.82, 2.24) is 9.97 Å². The van der Waals surface area contributed by atoms with Crippen molar-refractivity contribution < 1.29 is 8.78 Å². The minimum absolute atomic E-state index is 0.0275. The first-order chi connectivity index (χ1) is 9.60. The topological polar surface area (TPSA) is 49.8 Å². The number of rotatable bonds is 5. The van der Waals surface area contributed by atoms with Gasteiger partial charge in [0.2, 0.25) is 5.95 Å². The van der Waals surface area contributed by atoms with Gasteiger partial charge in [-0.15, -0.1) is 17.8 Å². The van der Waals surface area contributed by atoms with Crippen molar-refractivity contribution in [2.75, 3.05) is 17.2 Å². The molecule has 0 bridgehead atoms. The summed E-state index contributed by atoms with van der Waals surface area (Å²) in [4.78, 5) is 8.26. The molecule has 2 N–H and O–H groups in total. The van der Waals surface area contributed by atoms with Crippen LogP contribution in [0.15, 0.2) is 22.1 Å². The molecular formula is C12H9BrF2N4S. The van der Waals surface area contributed by atoms with Crippen molar-refractivity contribution in [2.45, 2.75) is 6.43 Å². The number of nitrogens with zero attached hydrogens (tertiary/aromatic N) is 2. The van der Waals surface area contributed by atoms with E-state index in [2.05, 4.69) is 42.5 Å². The molecule has 8 heteroatoms. The van der Waals surface area contributed by atoms with Gasteiger partial charge in [-0.3, -0.25) is 0 Å². The summed E-state index contributed by atoms with van der Waals surface area (Å²) in [5, 5.41) is 7.73. The van der Waals surface area contributed by atoms with E-state index in [1.807, 2.05) is 0 Å². The molecule has 0 fully saturated rings. The summed E-state index contributed by atoms with van der Waals surface area (Å²) in [6.45, 7) is 0.323. The highest BCUT2D eigenvalue weighted by molar-refractivity contribution is 9.10. The maximum atomic E-state index is 12.5. The Bertz CT molecular complexity index is 639. The van der Waals surface area contributed by atoms with Crippen molar-refractivity contribution in [2.24, 2.45) is 0 Å². The Labute approximate surface area is 126 Å². The summed E-state index contributed by atoms with van der Waals surface area (Å²) >= 11 is 4.45. The molecule has 2 heterocycles. The van der Waals surface area contributed by atoms with Gasteiger partial charge in [0, 0.05) is 17.1 Å². The zero-order valence-corrected chi connectivity index (χ0v) is 12.4. The number of halogens is 3. The third-order valence-electron chi connectivity index (χ3n) is 2.21. The van der Waals surface area contributed by atoms with Gasteiger partial charge in [0.1, 0.15) is 5.82 Å². The molecule has 0 radical (unpaired) electrons. The van der Waals surface area contributed by atoms with Crippen LogP contribution in [0.5, 0.6) is 0 Å². The summed E-state index contributed by atoms with van der Waals surface area (Å²) in [5.74, 6) is 3.27. The van der Waals surface area contributed by atoms with E-state index in [9.17, 15) is 8.78 Å². The summed E-state index contributed by atoms with van der Waals surface area (Å²) in [7, 11) is 0. The molecule has 104 valence electrons. The summed E-state index contributed by atoms with van der Waals surface area (Å²) in [5.41, 5.74) is -0.0275. The Morgan fingerprint density at radius 2 is 2.30 bits per heavy atom. The third kappa shape index (κ3) is 3.65. The van der Waals surface area contributed by atoms with Crippen molar-refractivity contribution in [3.8, 4) is 12.3 Å². The molecule has 0 aliphatic carbocycles. The number of anilines is 3. The first kappa shape index (κ1) is 14.7. The van der Waals surface area contributed by atoms with Crippen LogP contribution in [0.1, 0.15) is 12.0 Å². The molecule has 0 spiro atoms. The van der Waals surface area contributed by atoms with Gasteiger partial charge >= 0.3 is 0 Å². The molecular weight excluding hydrogens is 350 g/mol. The Morgan fingerprint density at radius 3 is 2.95 bits per heavy atom. The molecule has 0 aromatic carbocycles. The van der Waals surface area contributed by atoms with Crippen LogP contribution in [0, 0.1) is 12.3 Å². The summed E-state index contributed by atoms with van der Waals surface area (Å²) < 4.78 is 25.6. The summed E-state index contributed by atoms with van der Waals surface area (Å²) in [6, 6.07) is 1.37. The van der Waals surface area contributed by atoms with Crippen molar-refractivity contribution in [1.29, 1.82) is 0 Å². The third-order valence-corrected chi connectivity index (χ3v) is 3.65. The molecule has 2 rings (SSSR count). The maximum absolute atomic E-state index is 12.5. The van der Waals surface area contributed by atoms with Crippen LogP contribution >= 0.6 is 27.3 Å². The fourth-order valence-electron chi connectivity index (χ4n) is 1.33. The maximum Gasteiger partial charge on any atom is 0.264 e. The van der Waals surface area contributed by atoms with Crippen molar-refractivity contribution >= 4 is 44.0 Å². The lowest BCUT2D eigenvalue weighted by atomic mass is 10.3. The highest BCUT2D eigenvalue weighted by Crippen LogP contribution is 2.30. The van der Waals surface area contributed by atoms with Gasteiger partial charge in [0.15, 0.2) is 0 Å². The second-order valence-corrected chi connectivity index (χ2v) is 5.38. The molecule has 0 unspecified atom stereocenters. The number of alkyl halides is 2. The van der Waals surface area contributed by atoms with Crippen LogP contribution < -0.4 is 10.6 Å². The van der Waals surface area contributed by atoms with E-state index < -0.39 is 6.43 Å². The predicted molar refractivity (Wildman–Crippen MR) is 79.6 cm³/mol. The van der Waals surface area contributed by atoms with E-state index in [1.165, 1.54) is 22.8 Å². The van der Waals surface area contributed by atoms with Crippen molar-refractivity contribution in [3.05, 3.63) is 27.7 Å². The number of thiophene rings is 1. The molecule has 2 aromatic heterocycles. The van der Waals surface area contributed by atoms with E-state index in [1.54, 1.807) is 6.20 Å². The van der Waals surface area contributed by atoms with Crippen molar-refractivity contribution in [3.63, 3.8) is 0 Å². The number of terminal acetylenes is 1. The largest absolute Gasteiger partial charge is 0.358 e. The van der Waals surface area contributed by atoms with E-state index in [4.69, 9.17) is 6.42 Å². The minimum Gasteiger partial charge on any atom is -0.358 e. The van der Waals surface area contributed by atoms with Gasteiger partial charge in [0.25, 0.3) is 6.43 Å². The molecule has 0 saturated carbocycles. The Morgan fingerprint density at radius 1 is 1.50 bits per heavy atom. The lowest BCUT2D eigenvalue weighted by Gasteiger charge is -2.07. The van der Waals surface area contributed by atoms with Gasteiger partial charge in [-0.05, 0) is 22.0 Å². The summed E-state index contributed by atoms with van der Waals surface area (Å²) in [6.07, 6.45) is 4.23. The highest BCUT2D eigenvalue weighted by atomic mass is 79.9. The fourth-order valence-corrected chi connectivity index (χ4v) is 2.45. The first-order valence-electron chi connectivity index (χ1n) is 5.43. The lowest BCUT2D eigenvalue weighted by Crippen LogP contribution is -2.04. The van der Waals surface area contributed by atoms with Gasteiger partial charge < -0.3 is 10.6 Å². The monoisotopic (exact) mass is 358 g/mol. The van der Waals surface area contributed by atoms with Gasteiger partial charge in [-0.25, -0.2) is 13.8 Å². The van der Waals surface area contributed by atoms with Gasteiger partial charge in [-0.2, -0.15) is 4.98 Å². The molecule has 0 aliphatic heterocycles. The normalized spacial score (nSPS) is 10.3. The van der Waals surface area contributed by atoms with E-state index in [-0.39, 0.29) is 5.56 Å². The Kier molecular flexibility index (Phi) is 4.87. The van der Waals surface area contributed by atoms with E-state index in [0.717, 1.165) is 0 Å². The van der Waals surface area contributed by atoms with Crippen LogP contribution in [-0.4, -0.2) is 16.5 Å². The minimum atomic E-state index is -2.49. The second kappa shape index (κ2) is 6.63. The second-order valence-electron chi connectivity index (χ2n) is 3.62. The number of hydrogen-bond donors (Lipinski definition) is 2. The number of hydrogen-bond acceptors (Lipinski definition) is 5. The highest BCUT2D eigenvalue weighted by Gasteiger charge is 2.11. The molecule has 0 aliphatic rings. The van der Waals surface area contributed by atoms with E-state index in [0.29, 0.717) is 27.8 Å². The molecule has 0 amide bonds. The first-order valence-corrected chi connectivity index (χ1v) is 7.11. The van der Waals surface area contributed by atoms with E-state index >= 15 is 0 Å². The van der Waals surface area contributed by atoms with Crippen LogP contribution in [0.4, 0.5) is 25.5 Å². The average Bonchev–Trinajstić information content (AvgIpc) is 2.88. The Hall–Kier alpha value is -1.72. The Balaban J connectivity index is 2.14. The zero-order chi connectivity index (χ0) is 14.5. The fraction of sp³-hybridized carbons (Fsp3) is 0.167. The lowest BCUT2D eigenvalue weighted by molar-refractivity contribution is 0.152. The van der Waals surface area contributed by atoms with Gasteiger partial charge in [0.05, 0.1) is 16.0 Å². The average molecular weight is 359 g/mol. The number of aromatic nitrogens is 2. The SMILES string of the molecule is C#CCNc1nc(Nc2cc(C(F)F)cs2)ncc1Br. The quantitative estimate of drug-likeness (QED) is 0.792. The molecule has 20 heavy (non-hydrogen) atoms. The standard InChI is InChI=1S/C12H9BrF2N4S/c1-2-3-16-11-8(13)5-17-12(19-11)18-9-4-7(6-20-9)10(14)15/h1,4-6,10H,3H2,(H2,16,17,18,19). The van der Waals surface area contributed by atoms with Crippen LogP contribution in [0.3, 0.4) is 0 Å². The molecule has 0 atom stereocenters. The smallest absolute Gasteiger partial charge is 0.264 e. The molecule has 0 saturated heterocycles. The molecule has 2 aromatic rings. The number of nitrogens with one attached hydrogen (secondary N) is 2. The molecule has 4 nitrogen and oxygen atoms in total. The zero-order valence-electron chi connectivity index (χ0n) is 10.0. The van der Waals surface area contributed by atoms with Crippen LogP contribution in [0.25, 0.3) is 0 Å². The predicted octanol–water partition coefficient (Wildman–Crippen LogP) is 4.03. The van der Waals surface area contributed by atoms with Gasteiger partial charge in [-0.1, -0.05) is 5.92 Å².